The average Bonchev–Trinajstić information content (AvgIpc) is 3.16. The molecule has 25 heavy (non-hydrogen) atoms. The van der Waals surface area contributed by atoms with Crippen LogP contribution in [0.5, 0.6) is 0 Å². The third-order valence-corrected chi connectivity index (χ3v) is 4.98. The van der Waals surface area contributed by atoms with E-state index in [2.05, 4.69) is 9.88 Å². The van der Waals surface area contributed by atoms with Crippen molar-refractivity contribution < 1.29 is 8.53 Å². The molecule has 1 atom stereocenters. The lowest BCUT2D eigenvalue weighted by molar-refractivity contribution is 0.648. The van der Waals surface area contributed by atoms with Crippen LogP contribution in [0.3, 0.4) is 0 Å². The van der Waals surface area contributed by atoms with Gasteiger partial charge in [-0.3, -0.25) is 0 Å². The minimum absolute atomic E-state index is 0.393. The molecule has 0 spiro atoms. The Kier molecular flexibility index (Phi) is 2.30. The van der Waals surface area contributed by atoms with Crippen LogP contribution in [0.15, 0.2) is 59.1 Å². The number of aryl methyl sites for hydroxylation is 1. The summed E-state index contributed by atoms with van der Waals surface area (Å²) in [5, 5.41) is 1.92. The molecule has 0 amide bonds. The van der Waals surface area contributed by atoms with Crippen molar-refractivity contribution in [2.45, 2.75) is 20.0 Å². The van der Waals surface area contributed by atoms with Gasteiger partial charge in [-0.15, -0.1) is 0 Å². The molecule has 4 heteroatoms. The molecule has 124 valence electrons. The van der Waals surface area contributed by atoms with Crippen LogP contribution in [0, 0.1) is 6.92 Å². The zero-order valence-electron chi connectivity index (χ0n) is 17.0. The number of pyridine rings is 1. The minimum Gasteiger partial charge on any atom is -0.435 e. The summed E-state index contributed by atoms with van der Waals surface area (Å²) < 4.78 is 30.3. The van der Waals surface area contributed by atoms with E-state index in [0.29, 0.717) is 11.4 Å². The van der Waals surface area contributed by atoms with Crippen LogP contribution >= 0.6 is 0 Å². The number of para-hydroxylation sites is 2. The lowest BCUT2D eigenvalue weighted by Crippen LogP contribution is -2.36. The molecule has 2 aromatic carbocycles. The Bertz CT molecular complexity index is 1210. The monoisotopic (exact) mass is 332 g/mol. The highest BCUT2D eigenvalue weighted by Gasteiger charge is 2.33. The SMILES string of the molecule is [2H]C([2H])([2H])N1c2ccccc2N(c2c(C)ccc3c2oc2ncccc23)C1C. The van der Waals surface area contributed by atoms with Gasteiger partial charge >= 0.3 is 0 Å². The maximum atomic E-state index is 8.05. The molecule has 0 fully saturated rings. The molecule has 1 aliphatic heterocycles. The molecule has 0 N–H and O–H groups in total. The van der Waals surface area contributed by atoms with Gasteiger partial charge in [0.05, 0.1) is 17.1 Å². The first kappa shape index (κ1) is 11.5. The van der Waals surface area contributed by atoms with E-state index in [1.165, 1.54) is 4.90 Å². The second-order valence-corrected chi connectivity index (χ2v) is 6.43. The third kappa shape index (κ3) is 1.85. The first-order valence-electron chi connectivity index (χ1n) is 9.82. The van der Waals surface area contributed by atoms with Crippen LogP contribution in [0.25, 0.3) is 22.1 Å². The maximum absolute atomic E-state index is 8.05. The predicted molar refractivity (Wildman–Crippen MR) is 103 cm³/mol. The highest BCUT2D eigenvalue weighted by molar-refractivity contribution is 6.09. The van der Waals surface area contributed by atoms with Crippen molar-refractivity contribution in [3.63, 3.8) is 0 Å². The van der Waals surface area contributed by atoms with Crippen molar-refractivity contribution >= 4 is 39.1 Å². The van der Waals surface area contributed by atoms with Gasteiger partial charge in [0, 0.05) is 28.1 Å². The number of aromatic nitrogens is 1. The molecule has 2 aromatic heterocycles. The second-order valence-electron chi connectivity index (χ2n) is 6.43. The average molecular weight is 332 g/mol. The molecule has 1 aliphatic rings. The fraction of sp³-hybridized carbons (Fsp3) is 0.190. The fourth-order valence-electron chi connectivity index (χ4n) is 3.76. The number of furan rings is 1. The van der Waals surface area contributed by atoms with E-state index in [0.717, 1.165) is 33.3 Å². The van der Waals surface area contributed by atoms with Gasteiger partial charge < -0.3 is 14.2 Å². The summed E-state index contributed by atoms with van der Waals surface area (Å²) in [7, 11) is 0. The topological polar surface area (TPSA) is 32.5 Å². The number of anilines is 3. The predicted octanol–water partition coefficient (Wildman–Crippen LogP) is 5.22. The van der Waals surface area contributed by atoms with Crippen molar-refractivity contribution in [2.24, 2.45) is 0 Å². The van der Waals surface area contributed by atoms with Gasteiger partial charge in [-0.25, -0.2) is 4.98 Å². The normalized spacial score (nSPS) is 19.1. The van der Waals surface area contributed by atoms with Crippen LogP contribution in [-0.2, 0) is 0 Å². The molecule has 1 unspecified atom stereocenters. The number of fused-ring (bicyclic) bond motifs is 4. The lowest BCUT2D eigenvalue weighted by atomic mass is 10.1. The standard InChI is InChI=1S/C21H19N3O/c1-13-10-11-15-16-7-6-12-22-21(16)25-20(15)19(13)24-14(2)23(3)17-8-4-5-9-18(17)24/h4-12,14H,1-3H3/i3D3. The minimum atomic E-state index is -2.25. The fourth-order valence-corrected chi connectivity index (χ4v) is 3.76. The Morgan fingerprint density at radius 1 is 1.04 bits per heavy atom. The third-order valence-electron chi connectivity index (χ3n) is 4.98. The molecular formula is C21H19N3O. The number of nitrogens with zero attached hydrogens (tertiary/aromatic N) is 3. The summed E-state index contributed by atoms with van der Waals surface area (Å²) in [6.07, 6.45) is 1.32. The Morgan fingerprint density at radius 2 is 1.88 bits per heavy atom. The zero-order valence-corrected chi connectivity index (χ0v) is 14.0. The van der Waals surface area contributed by atoms with Gasteiger partial charge in [-0.2, -0.15) is 0 Å². The second kappa shape index (κ2) is 4.99. The first-order chi connectivity index (χ1) is 13.4. The van der Waals surface area contributed by atoms with Gasteiger partial charge in [0.25, 0.3) is 0 Å². The molecule has 3 heterocycles. The van der Waals surface area contributed by atoms with E-state index >= 15 is 0 Å². The summed E-state index contributed by atoms with van der Waals surface area (Å²) in [5.41, 5.74) is 4.75. The Hall–Kier alpha value is -3.01. The van der Waals surface area contributed by atoms with E-state index in [1.807, 2.05) is 62.4 Å². The molecule has 4 nitrogen and oxygen atoms in total. The highest BCUT2D eigenvalue weighted by Crippen LogP contribution is 2.47. The Labute approximate surface area is 150 Å². The van der Waals surface area contributed by atoms with E-state index < -0.39 is 13.1 Å². The lowest BCUT2D eigenvalue weighted by Gasteiger charge is -2.29. The zero-order chi connectivity index (χ0) is 19.6. The van der Waals surface area contributed by atoms with Gasteiger partial charge in [0.1, 0.15) is 6.17 Å². The van der Waals surface area contributed by atoms with E-state index in [-0.39, 0.29) is 0 Å². The largest absolute Gasteiger partial charge is 0.435 e. The van der Waals surface area contributed by atoms with Gasteiger partial charge in [-0.1, -0.05) is 24.3 Å². The quantitative estimate of drug-likeness (QED) is 0.478. The van der Waals surface area contributed by atoms with Crippen molar-refractivity contribution in [3.8, 4) is 0 Å². The summed E-state index contributed by atoms with van der Waals surface area (Å²) in [5.74, 6) is 0. The smallest absolute Gasteiger partial charge is 0.227 e. The Balaban J connectivity index is 1.82. The highest BCUT2D eigenvalue weighted by atomic mass is 16.3. The number of benzene rings is 2. The summed E-state index contributed by atoms with van der Waals surface area (Å²) in [6.45, 7) is 1.68. The van der Waals surface area contributed by atoms with Crippen molar-refractivity contribution in [1.29, 1.82) is 0 Å². The molecule has 5 rings (SSSR count). The van der Waals surface area contributed by atoms with Crippen LogP contribution < -0.4 is 9.80 Å². The van der Waals surface area contributed by atoms with Crippen LogP contribution in [0.4, 0.5) is 17.1 Å². The van der Waals surface area contributed by atoms with Crippen molar-refractivity contribution in [1.82, 2.24) is 4.98 Å². The summed E-state index contributed by atoms with van der Waals surface area (Å²) in [6, 6.07) is 15.6. The van der Waals surface area contributed by atoms with E-state index in [9.17, 15) is 0 Å². The van der Waals surface area contributed by atoms with Crippen LogP contribution in [0.1, 0.15) is 16.6 Å². The van der Waals surface area contributed by atoms with E-state index in [4.69, 9.17) is 8.53 Å². The molecule has 0 saturated heterocycles. The maximum Gasteiger partial charge on any atom is 0.227 e. The number of rotatable bonds is 1. The molecule has 4 aromatic rings. The van der Waals surface area contributed by atoms with Crippen molar-refractivity contribution in [3.05, 3.63) is 60.3 Å². The van der Waals surface area contributed by atoms with Gasteiger partial charge in [0.2, 0.25) is 5.71 Å². The molecule has 0 bridgehead atoms. The summed E-state index contributed by atoms with van der Waals surface area (Å²) in [4.78, 5) is 7.89. The van der Waals surface area contributed by atoms with Gasteiger partial charge in [-0.05, 0) is 43.7 Å². The number of hydrogen-bond donors (Lipinski definition) is 0. The van der Waals surface area contributed by atoms with E-state index in [1.54, 1.807) is 6.20 Å². The van der Waals surface area contributed by atoms with Crippen molar-refractivity contribution in [2.75, 3.05) is 16.8 Å². The van der Waals surface area contributed by atoms with Gasteiger partial charge in [0.15, 0.2) is 5.58 Å². The molecular weight excluding hydrogens is 310 g/mol. The molecule has 0 radical (unpaired) electrons. The Morgan fingerprint density at radius 3 is 2.72 bits per heavy atom. The first-order valence-corrected chi connectivity index (χ1v) is 8.32. The summed E-state index contributed by atoms with van der Waals surface area (Å²) >= 11 is 0. The molecule has 0 aliphatic carbocycles. The molecule has 0 saturated carbocycles. The van der Waals surface area contributed by atoms with Crippen LogP contribution in [0.2, 0.25) is 0 Å². The number of hydrogen-bond acceptors (Lipinski definition) is 4. The van der Waals surface area contributed by atoms with Crippen LogP contribution in [-0.4, -0.2) is 18.1 Å².